The second-order valence-electron chi connectivity index (χ2n) is 7.97. The zero-order valence-electron chi connectivity index (χ0n) is 19.5. The fraction of sp³-hybridized carbons (Fsp3) is 0.154. The Bertz CT molecular complexity index is 1410. The number of benzene rings is 2. The van der Waals surface area contributed by atoms with Crippen molar-refractivity contribution >= 4 is 17.5 Å². The first-order chi connectivity index (χ1) is 17.1. The van der Waals surface area contributed by atoms with Gasteiger partial charge in [-0.3, -0.25) is 9.78 Å². The first-order valence-corrected chi connectivity index (χ1v) is 11.0. The van der Waals surface area contributed by atoms with Gasteiger partial charge < -0.3 is 20.1 Å². The number of allylic oxidation sites excluding steroid dienone is 1. The minimum atomic E-state index is -0.537. The molecule has 1 aliphatic rings. The van der Waals surface area contributed by atoms with E-state index in [9.17, 15) is 4.79 Å². The van der Waals surface area contributed by atoms with Crippen LogP contribution in [0.4, 0.5) is 11.6 Å². The Morgan fingerprint density at radius 1 is 1.03 bits per heavy atom. The van der Waals surface area contributed by atoms with E-state index in [1.165, 1.54) is 0 Å². The van der Waals surface area contributed by atoms with E-state index in [-0.39, 0.29) is 5.91 Å². The van der Waals surface area contributed by atoms with E-state index in [0.717, 1.165) is 11.1 Å². The molecule has 0 fully saturated rings. The van der Waals surface area contributed by atoms with Crippen molar-refractivity contribution in [1.82, 2.24) is 19.7 Å². The minimum Gasteiger partial charge on any atom is -0.497 e. The summed E-state index contributed by atoms with van der Waals surface area (Å²) < 4.78 is 12.5. The highest BCUT2D eigenvalue weighted by Crippen LogP contribution is 2.38. The average Bonchev–Trinajstić information content (AvgIpc) is 3.32. The van der Waals surface area contributed by atoms with Crippen LogP contribution >= 0.6 is 0 Å². The van der Waals surface area contributed by atoms with Crippen molar-refractivity contribution in [3.63, 3.8) is 0 Å². The highest BCUT2D eigenvalue weighted by Gasteiger charge is 2.34. The summed E-state index contributed by atoms with van der Waals surface area (Å²) in [4.78, 5) is 22.3. The van der Waals surface area contributed by atoms with Gasteiger partial charge >= 0.3 is 0 Å². The zero-order chi connectivity index (χ0) is 24.4. The molecular formula is C26H24N6O3. The van der Waals surface area contributed by atoms with Crippen LogP contribution in [0.25, 0.3) is 11.4 Å². The smallest absolute Gasteiger partial charge is 0.255 e. The number of nitrogens with one attached hydrogen (secondary N) is 2. The van der Waals surface area contributed by atoms with Crippen molar-refractivity contribution in [1.29, 1.82) is 0 Å². The van der Waals surface area contributed by atoms with E-state index in [0.29, 0.717) is 40.2 Å². The molecule has 1 atom stereocenters. The number of nitrogens with zero attached hydrogens (tertiary/aromatic N) is 4. The van der Waals surface area contributed by atoms with E-state index in [4.69, 9.17) is 19.6 Å². The van der Waals surface area contributed by atoms with Crippen molar-refractivity contribution in [2.24, 2.45) is 0 Å². The Kier molecular flexibility index (Phi) is 5.88. The predicted molar refractivity (Wildman–Crippen MR) is 132 cm³/mol. The summed E-state index contributed by atoms with van der Waals surface area (Å²) >= 11 is 0. The molecule has 1 aliphatic heterocycles. The van der Waals surface area contributed by atoms with Crippen LogP contribution in [0.3, 0.4) is 0 Å². The van der Waals surface area contributed by atoms with E-state index in [1.807, 2.05) is 55.5 Å². The van der Waals surface area contributed by atoms with Gasteiger partial charge in [0, 0.05) is 17.5 Å². The summed E-state index contributed by atoms with van der Waals surface area (Å²) in [6.45, 7) is 1.86. The molecule has 0 radical (unpaired) electrons. The van der Waals surface area contributed by atoms with Gasteiger partial charge in [0.05, 0.1) is 31.7 Å². The van der Waals surface area contributed by atoms with E-state index in [2.05, 4.69) is 15.6 Å². The maximum Gasteiger partial charge on any atom is 0.255 e. The van der Waals surface area contributed by atoms with Gasteiger partial charge in [0.2, 0.25) is 5.95 Å². The monoisotopic (exact) mass is 468 g/mol. The van der Waals surface area contributed by atoms with Crippen LogP contribution in [0.15, 0.2) is 84.3 Å². The van der Waals surface area contributed by atoms with Crippen molar-refractivity contribution in [3.8, 4) is 22.9 Å². The molecule has 2 aromatic heterocycles. The van der Waals surface area contributed by atoms with Gasteiger partial charge in [0.25, 0.3) is 5.91 Å². The van der Waals surface area contributed by atoms with Gasteiger partial charge in [-0.15, -0.1) is 5.10 Å². The lowest BCUT2D eigenvalue weighted by Crippen LogP contribution is -2.31. The number of anilines is 2. The van der Waals surface area contributed by atoms with Gasteiger partial charge in [-0.05, 0) is 48.9 Å². The molecule has 4 aromatic rings. The molecule has 1 unspecified atom stereocenters. The first-order valence-electron chi connectivity index (χ1n) is 11.0. The van der Waals surface area contributed by atoms with Crippen LogP contribution < -0.4 is 20.1 Å². The third kappa shape index (κ3) is 4.31. The average molecular weight is 469 g/mol. The summed E-state index contributed by atoms with van der Waals surface area (Å²) in [5, 5.41) is 11.0. The van der Waals surface area contributed by atoms with Crippen molar-refractivity contribution in [3.05, 3.63) is 89.9 Å². The lowest BCUT2D eigenvalue weighted by molar-refractivity contribution is -0.113. The summed E-state index contributed by atoms with van der Waals surface area (Å²) in [5.41, 5.74) is 3.43. The molecule has 9 nitrogen and oxygen atoms in total. The number of aromatic nitrogens is 4. The lowest BCUT2D eigenvalue weighted by Gasteiger charge is -2.28. The third-order valence-corrected chi connectivity index (χ3v) is 5.75. The molecular weight excluding hydrogens is 444 g/mol. The lowest BCUT2D eigenvalue weighted by atomic mass is 9.95. The normalized spacial score (nSPS) is 14.7. The van der Waals surface area contributed by atoms with Crippen molar-refractivity contribution in [2.75, 3.05) is 24.9 Å². The number of amides is 1. The summed E-state index contributed by atoms with van der Waals surface area (Å²) in [7, 11) is 3.23. The Balaban J connectivity index is 1.61. The molecule has 0 spiro atoms. The summed E-state index contributed by atoms with van der Waals surface area (Å²) in [6.07, 6.45) is 3.26. The fourth-order valence-corrected chi connectivity index (χ4v) is 4.08. The Labute approximate surface area is 202 Å². The molecule has 0 aliphatic carbocycles. The summed E-state index contributed by atoms with van der Waals surface area (Å²) in [6, 6.07) is 18.2. The molecule has 2 aromatic carbocycles. The number of methoxy groups -OCH3 is 2. The summed E-state index contributed by atoms with van der Waals surface area (Å²) in [5.74, 6) is 2.17. The largest absolute Gasteiger partial charge is 0.497 e. The van der Waals surface area contributed by atoms with E-state index < -0.39 is 6.04 Å². The molecule has 5 rings (SSSR count). The van der Waals surface area contributed by atoms with Crippen LogP contribution in [0.5, 0.6) is 11.5 Å². The quantitative estimate of drug-likeness (QED) is 0.435. The van der Waals surface area contributed by atoms with Crippen LogP contribution in [-0.4, -0.2) is 39.9 Å². The second kappa shape index (κ2) is 9.30. The number of fused-ring (bicyclic) bond motifs is 1. The molecule has 0 bridgehead atoms. The van der Waals surface area contributed by atoms with Gasteiger partial charge in [-0.25, -0.2) is 4.68 Å². The number of rotatable bonds is 6. The SMILES string of the molecule is COc1cccc(-c2nc3n(n2)C(c2cccc(OC)c2)C(C(=O)Nc2cccnc2)=C(C)N3)c1. The van der Waals surface area contributed by atoms with E-state index >= 15 is 0 Å². The second-order valence-corrected chi connectivity index (χ2v) is 7.97. The van der Waals surface area contributed by atoms with Crippen LogP contribution in [0.2, 0.25) is 0 Å². The molecule has 1 amide bonds. The molecule has 0 saturated carbocycles. The highest BCUT2D eigenvalue weighted by atomic mass is 16.5. The predicted octanol–water partition coefficient (Wildman–Crippen LogP) is 4.28. The van der Waals surface area contributed by atoms with Crippen LogP contribution in [0, 0.1) is 0 Å². The van der Waals surface area contributed by atoms with Gasteiger partial charge in [0.1, 0.15) is 17.5 Å². The standard InChI is InChI=1S/C26H24N6O3/c1-16-22(25(33)29-19-9-6-12-27-15-19)23(17-7-4-10-20(13-17)34-2)32-26(28-16)30-24(31-32)18-8-5-11-21(14-18)35-3/h4-15,23H,1-3H3,(H,29,33)(H,28,30,31). The Morgan fingerprint density at radius 2 is 1.80 bits per heavy atom. The topological polar surface area (TPSA) is 103 Å². The van der Waals surface area contributed by atoms with Crippen molar-refractivity contribution in [2.45, 2.75) is 13.0 Å². The maximum atomic E-state index is 13.5. The first kappa shape index (κ1) is 22.1. The number of hydrogen-bond acceptors (Lipinski definition) is 7. The van der Waals surface area contributed by atoms with Gasteiger partial charge in [0.15, 0.2) is 5.82 Å². The van der Waals surface area contributed by atoms with Gasteiger partial charge in [-0.1, -0.05) is 24.3 Å². The molecule has 3 heterocycles. The minimum absolute atomic E-state index is 0.264. The number of carbonyl (C=O) groups excluding carboxylic acids is 1. The van der Waals surface area contributed by atoms with Gasteiger partial charge in [-0.2, -0.15) is 4.98 Å². The highest BCUT2D eigenvalue weighted by molar-refractivity contribution is 6.06. The molecule has 9 heteroatoms. The Hall–Kier alpha value is -4.66. The third-order valence-electron chi connectivity index (χ3n) is 5.75. The number of pyridine rings is 1. The number of carbonyl (C=O) groups is 1. The zero-order valence-corrected chi connectivity index (χ0v) is 19.5. The number of hydrogen-bond donors (Lipinski definition) is 2. The van der Waals surface area contributed by atoms with E-state index in [1.54, 1.807) is 43.4 Å². The fourth-order valence-electron chi connectivity index (χ4n) is 4.08. The van der Waals surface area contributed by atoms with Crippen LogP contribution in [-0.2, 0) is 4.79 Å². The molecule has 0 saturated heterocycles. The molecule has 35 heavy (non-hydrogen) atoms. The molecule has 2 N–H and O–H groups in total. The van der Waals surface area contributed by atoms with Crippen LogP contribution in [0.1, 0.15) is 18.5 Å². The maximum absolute atomic E-state index is 13.5. The molecule has 176 valence electrons. The van der Waals surface area contributed by atoms with Crippen molar-refractivity contribution < 1.29 is 14.3 Å². The Morgan fingerprint density at radius 3 is 2.54 bits per heavy atom. The number of ether oxygens (including phenoxy) is 2.